The van der Waals surface area contributed by atoms with Crippen molar-refractivity contribution in [1.29, 1.82) is 0 Å². The molecule has 0 amide bonds. The fraction of sp³-hybridized carbons (Fsp3) is 0.667. The second-order valence-electron chi connectivity index (χ2n) is 4.40. The van der Waals surface area contributed by atoms with Crippen LogP contribution in [0, 0.1) is 0 Å². The highest BCUT2D eigenvalue weighted by molar-refractivity contribution is 7.13. The van der Waals surface area contributed by atoms with E-state index in [2.05, 4.69) is 39.8 Å². The predicted molar refractivity (Wildman–Crippen MR) is 79.5 cm³/mol. The molecule has 1 rings (SSSR count). The van der Waals surface area contributed by atoms with E-state index in [1.165, 1.54) is 0 Å². The number of rotatable bonds is 5. The van der Waals surface area contributed by atoms with Crippen LogP contribution in [-0.2, 0) is 6.54 Å². The number of aliphatic imine (C=N–C) groups is 1. The Morgan fingerprint density at radius 1 is 1.56 bits per heavy atom. The van der Waals surface area contributed by atoms with Crippen molar-refractivity contribution in [2.75, 3.05) is 26.0 Å². The topological polar surface area (TPSA) is 52.6 Å². The lowest BCUT2D eigenvalue weighted by Crippen LogP contribution is -2.41. The van der Waals surface area contributed by atoms with Gasteiger partial charge in [0.15, 0.2) is 11.1 Å². The van der Waals surface area contributed by atoms with Gasteiger partial charge in [-0.2, -0.15) is 0 Å². The fourth-order valence-corrected chi connectivity index (χ4v) is 2.05. The summed E-state index contributed by atoms with van der Waals surface area (Å²) in [5.74, 6) is 0.823. The molecule has 0 aromatic carbocycles. The summed E-state index contributed by atoms with van der Waals surface area (Å²) < 4.78 is 0. The van der Waals surface area contributed by atoms with E-state index in [-0.39, 0.29) is 0 Å². The van der Waals surface area contributed by atoms with Gasteiger partial charge in [-0.3, -0.25) is 4.99 Å². The van der Waals surface area contributed by atoms with E-state index < -0.39 is 0 Å². The molecule has 0 fully saturated rings. The fourth-order valence-electron chi connectivity index (χ4n) is 1.29. The number of guanidine groups is 1. The summed E-state index contributed by atoms with van der Waals surface area (Å²) >= 11 is 1.65. The summed E-state index contributed by atoms with van der Waals surface area (Å²) in [5, 5.41) is 9.68. The average Bonchev–Trinajstić information content (AvgIpc) is 2.83. The molecule has 5 nitrogen and oxygen atoms in total. The van der Waals surface area contributed by atoms with Crippen molar-refractivity contribution in [3.8, 4) is 0 Å². The third-order valence-corrected chi connectivity index (χ3v) is 3.64. The lowest BCUT2D eigenvalue weighted by Gasteiger charge is -2.15. The number of hydrogen-bond donors (Lipinski definition) is 2. The van der Waals surface area contributed by atoms with Gasteiger partial charge in [-0.15, -0.1) is 11.3 Å². The minimum absolute atomic E-state index is 0.420. The molecule has 6 heteroatoms. The third-order valence-electron chi connectivity index (χ3n) is 2.58. The Morgan fingerprint density at radius 3 is 2.78 bits per heavy atom. The zero-order valence-electron chi connectivity index (χ0n) is 11.8. The van der Waals surface area contributed by atoms with Crippen molar-refractivity contribution in [2.45, 2.75) is 32.9 Å². The van der Waals surface area contributed by atoms with Gasteiger partial charge in [-0.25, -0.2) is 4.98 Å². The maximum absolute atomic E-state index is 4.51. The Morgan fingerprint density at radius 2 is 2.28 bits per heavy atom. The number of hydrogen-bond acceptors (Lipinski definition) is 4. The molecule has 0 aliphatic carbocycles. The molecule has 0 aliphatic rings. The number of aromatic nitrogens is 1. The van der Waals surface area contributed by atoms with Crippen molar-refractivity contribution in [1.82, 2.24) is 15.6 Å². The molecule has 0 aliphatic heterocycles. The van der Waals surface area contributed by atoms with E-state index in [9.17, 15) is 0 Å². The largest absolute Gasteiger partial charge is 0.354 e. The maximum atomic E-state index is 4.51. The molecule has 0 saturated carbocycles. The molecule has 0 bridgehead atoms. The van der Waals surface area contributed by atoms with E-state index >= 15 is 0 Å². The van der Waals surface area contributed by atoms with Crippen LogP contribution in [0.4, 0.5) is 5.13 Å². The second-order valence-corrected chi connectivity index (χ2v) is 5.23. The number of nitrogens with zero attached hydrogens (tertiary/aromatic N) is 3. The first-order valence-electron chi connectivity index (χ1n) is 6.15. The minimum Gasteiger partial charge on any atom is -0.354 e. The summed E-state index contributed by atoms with van der Waals surface area (Å²) in [5.41, 5.74) is 1.04. The van der Waals surface area contributed by atoms with Crippen LogP contribution in [0.1, 0.15) is 26.0 Å². The first-order valence-corrected chi connectivity index (χ1v) is 7.03. The molecular formula is C12H23N5S. The van der Waals surface area contributed by atoms with Gasteiger partial charge in [-0.05, 0) is 13.3 Å². The zero-order chi connectivity index (χ0) is 13.5. The highest BCUT2D eigenvalue weighted by atomic mass is 32.1. The smallest absolute Gasteiger partial charge is 0.191 e. The van der Waals surface area contributed by atoms with Crippen LogP contribution in [-0.4, -0.2) is 38.1 Å². The molecule has 0 spiro atoms. The molecule has 0 saturated heterocycles. The molecule has 0 radical (unpaired) electrons. The van der Waals surface area contributed by atoms with E-state index in [1.54, 1.807) is 18.4 Å². The first kappa shape index (κ1) is 14.8. The van der Waals surface area contributed by atoms with Crippen LogP contribution in [0.15, 0.2) is 10.4 Å². The Kier molecular flexibility index (Phi) is 5.91. The van der Waals surface area contributed by atoms with Crippen molar-refractivity contribution in [2.24, 2.45) is 4.99 Å². The quantitative estimate of drug-likeness (QED) is 0.631. The number of nitrogens with one attached hydrogen (secondary N) is 2. The van der Waals surface area contributed by atoms with Gasteiger partial charge in [0, 0.05) is 32.6 Å². The Balaban J connectivity index is 2.47. The predicted octanol–water partition coefficient (Wildman–Crippen LogP) is 1.67. The second kappa shape index (κ2) is 7.20. The molecule has 1 aromatic heterocycles. The number of thiazole rings is 1. The molecule has 1 atom stereocenters. The minimum atomic E-state index is 0.420. The van der Waals surface area contributed by atoms with Gasteiger partial charge in [0.1, 0.15) is 0 Å². The van der Waals surface area contributed by atoms with Crippen LogP contribution in [0.5, 0.6) is 0 Å². The summed E-state index contributed by atoms with van der Waals surface area (Å²) in [4.78, 5) is 10.7. The van der Waals surface area contributed by atoms with E-state index in [0.717, 1.165) is 23.2 Å². The lowest BCUT2D eigenvalue weighted by atomic mass is 10.3. The van der Waals surface area contributed by atoms with Gasteiger partial charge in [0.2, 0.25) is 0 Å². The molecule has 102 valence electrons. The third kappa shape index (κ3) is 4.52. The molecule has 1 aromatic rings. The zero-order valence-corrected chi connectivity index (χ0v) is 12.6. The van der Waals surface area contributed by atoms with Gasteiger partial charge >= 0.3 is 0 Å². The van der Waals surface area contributed by atoms with Gasteiger partial charge in [-0.1, -0.05) is 6.92 Å². The standard InChI is InChI=1S/C12H23N5S/c1-6-9(2)15-11(13-3)14-7-10-8-18-12(16-10)17(4)5/h8-9H,6-7H2,1-5H3,(H2,13,14,15). The molecule has 1 heterocycles. The van der Waals surface area contributed by atoms with Gasteiger partial charge in [0.25, 0.3) is 0 Å². The van der Waals surface area contributed by atoms with Crippen LogP contribution in [0.25, 0.3) is 0 Å². The van der Waals surface area contributed by atoms with Crippen molar-refractivity contribution >= 4 is 22.4 Å². The molecular weight excluding hydrogens is 246 g/mol. The van der Waals surface area contributed by atoms with E-state index in [0.29, 0.717) is 12.6 Å². The Hall–Kier alpha value is -1.30. The molecule has 2 N–H and O–H groups in total. The highest BCUT2D eigenvalue weighted by Gasteiger charge is 2.06. The van der Waals surface area contributed by atoms with E-state index in [1.807, 2.05) is 19.0 Å². The van der Waals surface area contributed by atoms with Crippen molar-refractivity contribution in [3.63, 3.8) is 0 Å². The Bertz CT molecular complexity index is 386. The normalized spacial score (nSPS) is 13.3. The summed E-state index contributed by atoms with van der Waals surface area (Å²) in [6, 6.07) is 0.420. The first-order chi connectivity index (χ1) is 8.56. The van der Waals surface area contributed by atoms with Crippen molar-refractivity contribution in [3.05, 3.63) is 11.1 Å². The summed E-state index contributed by atoms with van der Waals surface area (Å²) in [6.07, 6.45) is 1.07. The van der Waals surface area contributed by atoms with E-state index in [4.69, 9.17) is 0 Å². The lowest BCUT2D eigenvalue weighted by molar-refractivity contribution is 0.623. The van der Waals surface area contributed by atoms with Gasteiger partial charge in [0.05, 0.1) is 12.2 Å². The maximum Gasteiger partial charge on any atom is 0.191 e. The van der Waals surface area contributed by atoms with Crippen LogP contribution < -0.4 is 15.5 Å². The number of anilines is 1. The SMILES string of the molecule is CCC(C)NC(=NC)NCc1csc(N(C)C)n1. The van der Waals surface area contributed by atoms with Crippen molar-refractivity contribution < 1.29 is 0 Å². The summed E-state index contributed by atoms with van der Waals surface area (Å²) in [6.45, 7) is 4.98. The van der Waals surface area contributed by atoms with Gasteiger partial charge < -0.3 is 15.5 Å². The molecule has 18 heavy (non-hydrogen) atoms. The Labute approximate surface area is 113 Å². The van der Waals surface area contributed by atoms with Crippen LogP contribution in [0.2, 0.25) is 0 Å². The monoisotopic (exact) mass is 269 g/mol. The molecule has 1 unspecified atom stereocenters. The van der Waals surface area contributed by atoms with Crippen LogP contribution in [0.3, 0.4) is 0 Å². The van der Waals surface area contributed by atoms with Crippen LogP contribution >= 0.6 is 11.3 Å². The highest BCUT2D eigenvalue weighted by Crippen LogP contribution is 2.17. The summed E-state index contributed by atoms with van der Waals surface area (Å²) in [7, 11) is 5.78. The average molecular weight is 269 g/mol.